The van der Waals surface area contributed by atoms with Crippen molar-refractivity contribution >= 4 is 21.9 Å². The van der Waals surface area contributed by atoms with Crippen LogP contribution in [0.3, 0.4) is 0 Å². The third kappa shape index (κ3) is 2.55. The fourth-order valence-electron chi connectivity index (χ4n) is 2.39. The minimum absolute atomic E-state index is 0.0588. The number of hydrogen-bond donors (Lipinski definition) is 3. The van der Waals surface area contributed by atoms with Crippen molar-refractivity contribution in [3.05, 3.63) is 21.7 Å². The minimum Gasteiger partial charge on any atom is -0.504 e. The molecule has 1 aliphatic heterocycles. The first kappa shape index (κ1) is 14.1. The minimum atomic E-state index is -0.815. The number of benzene rings is 1. The largest absolute Gasteiger partial charge is 0.504 e. The van der Waals surface area contributed by atoms with Crippen molar-refractivity contribution in [3.8, 4) is 11.5 Å². The molecule has 0 aliphatic carbocycles. The van der Waals surface area contributed by atoms with Crippen LogP contribution in [0.15, 0.2) is 10.5 Å². The van der Waals surface area contributed by atoms with Gasteiger partial charge in [-0.25, -0.2) is 0 Å². The molecule has 0 radical (unpaired) electrons. The molecule has 0 spiro atoms. The molecule has 0 saturated carbocycles. The lowest BCUT2D eigenvalue weighted by molar-refractivity contribution is -0.141. The second-order valence-corrected chi connectivity index (χ2v) is 5.50. The van der Waals surface area contributed by atoms with E-state index in [0.717, 1.165) is 10.0 Å². The van der Waals surface area contributed by atoms with Gasteiger partial charge >= 0.3 is 5.97 Å². The van der Waals surface area contributed by atoms with E-state index in [4.69, 9.17) is 9.84 Å². The zero-order valence-electron chi connectivity index (χ0n) is 10.7. The maximum atomic E-state index is 11.0. The van der Waals surface area contributed by atoms with Crippen LogP contribution in [0, 0.1) is 12.8 Å². The summed E-state index contributed by atoms with van der Waals surface area (Å²) in [5.41, 5.74) is 1.60. The average molecular weight is 330 g/mol. The summed E-state index contributed by atoms with van der Waals surface area (Å²) in [7, 11) is 1.49. The molecular weight excluding hydrogens is 314 g/mol. The zero-order valence-corrected chi connectivity index (χ0v) is 12.3. The number of aliphatic carboxylic acids is 1. The van der Waals surface area contributed by atoms with Gasteiger partial charge in [0.1, 0.15) is 0 Å². The summed E-state index contributed by atoms with van der Waals surface area (Å²) in [6.45, 7) is 2.31. The standard InChI is InChI=1S/C13H16BrNO4/c1-6-3-9(19-2)12(16)10(11(6)14)8-4-7(5-15-8)13(17)18/h3,7-8,15-16H,4-5H2,1-2H3,(H,17,18). The number of methoxy groups -OCH3 is 1. The van der Waals surface area contributed by atoms with E-state index >= 15 is 0 Å². The van der Waals surface area contributed by atoms with Crippen molar-refractivity contribution in [2.75, 3.05) is 13.7 Å². The molecule has 1 aromatic carbocycles. The fourth-order valence-corrected chi connectivity index (χ4v) is 2.97. The van der Waals surface area contributed by atoms with Gasteiger partial charge in [-0.05, 0) is 25.0 Å². The number of carboxylic acid groups (broad SMARTS) is 1. The van der Waals surface area contributed by atoms with Crippen LogP contribution in [-0.4, -0.2) is 29.8 Å². The second-order valence-electron chi connectivity index (χ2n) is 4.70. The SMILES string of the molecule is COc1cc(C)c(Br)c(C2CC(C(=O)O)CN2)c1O. The number of ether oxygens (including phenoxy) is 1. The van der Waals surface area contributed by atoms with Crippen molar-refractivity contribution in [3.63, 3.8) is 0 Å². The van der Waals surface area contributed by atoms with Crippen LogP contribution in [0.25, 0.3) is 0 Å². The molecule has 19 heavy (non-hydrogen) atoms. The Morgan fingerprint density at radius 1 is 1.58 bits per heavy atom. The van der Waals surface area contributed by atoms with Crippen LogP contribution < -0.4 is 10.1 Å². The van der Waals surface area contributed by atoms with Gasteiger partial charge in [-0.3, -0.25) is 4.79 Å². The first-order chi connectivity index (χ1) is 8.95. The predicted octanol–water partition coefficient (Wildman–Crippen LogP) is 2.21. The van der Waals surface area contributed by atoms with E-state index in [1.54, 1.807) is 6.07 Å². The van der Waals surface area contributed by atoms with Crippen molar-refractivity contribution in [1.82, 2.24) is 5.32 Å². The normalized spacial score (nSPS) is 22.5. The molecule has 1 aliphatic rings. The van der Waals surface area contributed by atoms with Gasteiger partial charge in [0.15, 0.2) is 11.5 Å². The molecule has 5 nitrogen and oxygen atoms in total. The van der Waals surface area contributed by atoms with E-state index in [2.05, 4.69) is 21.2 Å². The van der Waals surface area contributed by atoms with Crippen LogP contribution in [0.1, 0.15) is 23.6 Å². The smallest absolute Gasteiger partial charge is 0.307 e. The number of carboxylic acids is 1. The number of phenols is 1. The number of nitrogens with one attached hydrogen (secondary N) is 1. The van der Waals surface area contributed by atoms with Gasteiger partial charge in [-0.2, -0.15) is 0 Å². The number of rotatable bonds is 3. The zero-order chi connectivity index (χ0) is 14.2. The molecule has 2 rings (SSSR count). The van der Waals surface area contributed by atoms with Crippen molar-refractivity contribution in [2.45, 2.75) is 19.4 Å². The average Bonchev–Trinajstić information content (AvgIpc) is 2.83. The molecule has 1 saturated heterocycles. The summed E-state index contributed by atoms with van der Waals surface area (Å²) >= 11 is 3.46. The molecule has 0 bridgehead atoms. The van der Waals surface area contributed by atoms with E-state index in [0.29, 0.717) is 24.3 Å². The lowest BCUT2D eigenvalue weighted by atomic mass is 9.97. The molecule has 2 unspecified atom stereocenters. The highest BCUT2D eigenvalue weighted by atomic mass is 79.9. The van der Waals surface area contributed by atoms with Gasteiger partial charge in [0.05, 0.1) is 13.0 Å². The summed E-state index contributed by atoms with van der Waals surface area (Å²) < 4.78 is 5.93. The molecule has 2 atom stereocenters. The van der Waals surface area contributed by atoms with Gasteiger partial charge in [-0.1, -0.05) is 15.9 Å². The van der Waals surface area contributed by atoms with E-state index in [-0.39, 0.29) is 11.8 Å². The van der Waals surface area contributed by atoms with Gasteiger partial charge in [0.25, 0.3) is 0 Å². The second kappa shape index (κ2) is 5.38. The van der Waals surface area contributed by atoms with Crippen LogP contribution in [0.4, 0.5) is 0 Å². The quantitative estimate of drug-likeness (QED) is 0.792. The molecule has 1 heterocycles. The Morgan fingerprint density at radius 3 is 2.79 bits per heavy atom. The van der Waals surface area contributed by atoms with Gasteiger partial charge < -0.3 is 20.3 Å². The molecule has 0 amide bonds. The number of carbonyl (C=O) groups is 1. The van der Waals surface area contributed by atoms with Crippen molar-refractivity contribution in [1.29, 1.82) is 0 Å². The number of halogens is 1. The molecule has 0 aromatic heterocycles. The predicted molar refractivity (Wildman–Crippen MR) is 73.6 cm³/mol. The summed E-state index contributed by atoms with van der Waals surface area (Å²) in [6.07, 6.45) is 0.452. The molecule has 6 heteroatoms. The maximum Gasteiger partial charge on any atom is 0.307 e. The Kier molecular flexibility index (Phi) is 4.01. The fraction of sp³-hybridized carbons (Fsp3) is 0.462. The highest BCUT2D eigenvalue weighted by Gasteiger charge is 2.33. The number of aryl methyl sites for hydroxylation is 1. The lowest BCUT2D eigenvalue weighted by Gasteiger charge is -2.18. The topological polar surface area (TPSA) is 78.8 Å². The summed E-state index contributed by atoms with van der Waals surface area (Å²) in [5, 5.41) is 22.4. The van der Waals surface area contributed by atoms with Crippen LogP contribution in [0.5, 0.6) is 11.5 Å². The Hall–Kier alpha value is -1.27. The first-order valence-corrected chi connectivity index (χ1v) is 6.77. The van der Waals surface area contributed by atoms with E-state index in [9.17, 15) is 9.90 Å². The summed E-state index contributed by atoms with van der Waals surface area (Å²) in [5.74, 6) is -0.784. The van der Waals surface area contributed by atoms with E-state index in [1.807, 2.05) is 6.92 Å². The molecular formula is C13H16BrNO4. The number of aromatic hydroxyl groups is 1. The Morgan fingerprint density at radius 2 is 2.26 bits per heavy atom. The molecule has 3 N–H and O–H groups in total. The summed E-state index contributed by atoms with van der Waals surface area (Å²) in [4.78, 5) is 11.0. The Labute approximate surface area is 119 Å². The van der Waals surface area contributed by atoms with E-state index < -0.39 is 11.9 Å². The van der Waals surface area contributed by atoms with Crippen LogP contribution >= 0.6 is 15.9 Å². The van der Waals surface area contributed by atoms with Gasteiger partial charge in [0, 0.05) is 22.6 Å². The van der Waals surface area contributed by atoms with E-state index in [1.165, 1.54) is 7.11 Å². The lowest BCUT2D eigenvalue weighted by Crippen LogP contribution is -2.17. The van der Waals surface area contributed by atoms with Gasteiger partial charge in [0.2, 0.25) is 0 Å². The Balaban J connectivity index is 2.40. The summed E-state index contributed by atoms with van der Waals surface area (Å²) in [6, 6.07) is 1.55. The third-order valence-corrected chi connectivity index (χ3v) is 4.52. The number of hydrogen-bond acceptors (Lipinski definition) is 4. The number of phenolic OH excluding ortho intramolecular Hbond substituents is 1. The van der Waals surface area contributed by atoms with Crippen LogP contribution in [0.2, 0.25) is 0 Å². The third-order valence-electron chi connectivity index (χ3n) is 3.47. The van der Waals surface area contributed by atoms with Crippen molar-refractivity contribution < 1.29 is 19.7 Å². The monoisotopic (exact) mass is 329 g/mol. The highest BCUT2D eigenvalue weighted by Crippen LogP contribution is 2.44. The molecule has 1 fully saturated rings. The van der Waals surface area contributed by atoms with Gasteiger partial charge in [-0.15, -0.1) is 0 Å². The van der Waals surface area contributed by atoms with Crippen LogP contribution in [-0.2, 0) is 4.79 Å². The highest BCUT2D eigenvalue weighted by molar-refractivity contribution is 9.10. The maximum absolute atomic E-state index is 11.0. The molecule has 1 aromatic rings. The Bertz CT molecular complexity index is 518. The van der Waals surface area contributed by atoms with Crippen molar-refractivity contribution in [2.24, 2.45) is 5.92 Å². The first-order valence-electron chi connectivity index (χ1n) is 5.97. The molecule has 104 valence electrons.